The van der Waals surface area contributed by atoms with E-state index in [-0.39, 0.29) is 4.48 Å². The molecule has 12 heavy (non-hydrogen) atoms. The van der Waals surface area contributed by atoms with Crippen molar-refractivity contribution in [2.24, 2.45) is 0 Å². The predicted octanol–water partition coefficient (Wildman–Crippen LogP) is 2.26. The summed E-state index contributed by atoms with van der Waals surface area (Å²) in [5.41, 5.74) is 0. The lowest BCUT2D eigenvalue weighted by Crippen LogP contribution is -2.26. The number of hydrogen-bond acceptors (Lipinski definition) is 2. The van der Waals surface area contributed by atoms with Crippen molar-refractivity contribution in [1.82, 2.24) is 0 Å². The van der Waals surface area contributed by atoms with E-state index in [1.165, 1.54) is 0 Å². The summed E-state index contributed by atoms with van der Waals surface area (Å²) in [7, 11) is 0. The summed E-state index contributed by atoms with van der Waals surface area (Å²) in [4.78, 5) is 0. The number of allylic oxidation sites excluding steroid dienone is 1. The molecule has 0 saturated heterocycles. The summed E-state index contributed by atoms with van der Waals surface area (Å²) >= 11 is 2.59. The number of halogens is 4. The van der Waals surface area contributed by atoms with Crippen LogP contribution in [0, 0.1) is 0 Å². The van der Waals surface area contributed by atoms with Crippen LogP contribution in [0.25, 0.3) is 0 Å². The zero-order chi connectivity index (χ0) is 9.94. The minimum atomic E-state index is -4.73. The molecule has 0 bridgehead atoms. The quantitative estimate of drug-likeness (QED) is 0.580. The van der Waals surface area contributed by atoms with Crippen LogP contribution in [0.1, 0.15) is 0 Å². The Hall–Kier alpha value is -0.490. The van der Waals surface area contributed by atoms with E-state index >= 15 is 0 Å². The average Bonchev–Trinajstić information content (AvgIpc) is 1.85. The maximum Gasteiger partial charge on any atom is 0.418 e. The van der Waals surface area contributed by atoms with E-state index < -0.39 is 18.0 Å². The molecule has 0 amide bonds. The van der Waals surface area contributed by atoms with Crippen LogP contribution in [-0.4, -0.2) is 22.5 Å². The van der Waals surface area contributed by atoms with Crippen molar-refractivity contribution < 1.29 is 23.4 Å². The van der Waals surface area contributed by atoms with Gasteiger partial charge in [-0.3, -0.25) is 0 Å². The van der Waals surface area contributed by atoms with Crippen molar-refractivity contribution >= 4 is 15.9 Å². The number of hydrogen-bond donors (Lipinski definition) is 2. The largest absolute Gasteiger partial charge is 0.507 e. The first kappa shape index (κ1) is 11.5. The van der Waals surface area contributed by atoms with E-state index in [2.05, 4.69) is 22.5 Å². The van der Waals surface area contributed by atoms with E-state index in [1.54, 1.807) is 0 Å². The number of alkyl halides is 3. The molecular formula is C6H6BrF3O2. The third-order valence-electron chi connectivity index (χ3n) is 0.915. The van der Waals surface area contributed by atoms with Gasteiger partial charge in [-0.1, -0.05) is 6.58 Å². The van der Waals surface area contributed by atoms with Crippen LogP contribution < -0.4 is 0 Å². The third kappa shape index (κ3) is 3.77. The van der Waals surface area contributed by atoms with Gasteiger partial charge in [0.15, 0.2) is 6.10 Å². The van der Waals surface area contributed by atoms with Crippen LogP contribution in [0.5, 0.6) is 0 Å². The van der Waals surface area contributed by atoms with Gasteiger partial charge < -0.3 is 10.2 Å². The molecule has 0 aromatic rings. The number of rotatable bonds is 2. The Morgan fingerprint density at radius 3 is 2.17 bits per heavy atom. The Morgan fingerprint density at radius 1 is 1.50 bits per heavy atom. The molecule has 0 fully saturated rings. The molecule has 70 valence electrons. The second-order valence-corrected chi connectivity index (χ2v) is 2.80. The van der Waals surface area contributed by atoms with Crippen molar-refractivity contribution in [3.05, 3.63) is 22.9 Å². The van der Waals surface area contributed by atoms with E-state index in [0.717, 1.165) is 0 Å². The number of aliphatic hydroxyl groups excluding tert-OH is 2. The maximum absolute atomic E-state index is 11.6. The monoisotopic (exact) mass is 246 g/mol. The first-order chi connectivity index (χ1) is 5.25. The lowest BCUT2D eigenvalue weighted by Gasteiger charge is -2.10. The third-order valence-corrected chi connectivity index (χ3v) is 1.64. The highest BCUT2D eigenvalue weighted by atomic mass is 79.9. The van der Waals surface area contributed by atoms with E-state index in [1.807, 2.05) is 0 Å². The molecule has 1 atom stereocenters. The van der Waals surface area contributed by atoms with Crippen LogP contribution >= 0.6 is 15.9 Å². The van der Waals surface area contributed by atoms with Crippen LogP contribution in [0.2, 0.25) is 0 Å². The molecule has 0 aromatic heterocycles. The predicted molar refractivity (Wildman–Crippen MR) is 40.8 cm³/mol. The average molecular weight is 247 g/mol. The fourth-order valence-corrected chi connectivity index (χ4v) is 0.580. The summed E-state index contributed by atoms with van der Waals surface area (Å²) in [5, 5.41) is 17.0. The summed E-state index contributed by atoms with van der Waals surface area (Å²) in [6, 6.07) is 0. The minimum absolute atomic E-state index is 0.285. The first-order valence-corrected chi connectivity index (χ1v) is 3.54. The van der Waals surface area contributed by atoms with Crippen molar-refractivity contribution in [2.75, 3.05) is 0 Å². The molecule has 0 aliphatic heterocycles. The molecule has 0 aliphatic rings. The molecule has 0 radical (unpaired) electrons. The van der Waals surface area contributed by atoms with Gasteiger partial charge in [0.2, 0.25) is 0 Å². The molecular weight excluding hydrogens is 241 g/mol. The highest BCUT2D eigenvalue weighted by Crippen LogP contribution is 2.24. The van der Waals surface area contributed by atoms with Gasteiger partial charge in [-0.25, -0.2) is 0 Å². The molecule has 0 spiro atoms. The Kier molecular flexibility index (Phi) is 3.79. The highest BCUT2D eigenvalue weighted by Gasteiger charge is 2.36. The molecule has 0 aliphatic carbocycles. The van der Waals surface area contributed by atoms with Gasteiger partial charge >= 0.3 is 6.18 Å². The molecule has 0 heterocycles. The Labute approximate surface area is 75.1 Å². The van der Waals surface area contributed by atoms with Crippen LogP contribution in [-0.2, 0) is 0 Å². The van der Waals surface area contributed by atoms with Gasteiger partial charge in [0.1, 0.15) is 5.76 Å². The molecule has 1 unspecified atom stereocenters. The molecule has 2 nitrogen and oxygen atoms in total. The Morgan fingerprint density at radius 2 is 1.92 bits per heavy atom. The van der Waals surface area contributed by atoms with Crippen LogP contribution in [0.15, 0.2) is 22.9 Å². The summed E-state index contributed by atoms with van der Waals surface area (Å²) in [5.74, 6) is -0.571. The standard InChI is InChI=1S/C6H6BrF3O2/c1-3(11)4(7)2-5(12)6(8,9)10/h2,5,11-12H,1H2/b4-2+. The molecule has 2 N–H and O–H groups in total. The molecule has 0 saturated carbocycles. The van der Waals surface area contributed by atoms with Crippen molar-refractivity contribution in [2.45, 2.75) is 12.3 Å². The maximum atomic E-state index is 11.6. The lowest BCUT2D eigenvalue weighted by atomic mass is 10.3. The van der Waals surface area contributed by atoms with Crippen molar-refractivity contribution in [3.63, 3.8) is 0 Å². The highest BCUT2D eigenvalue weighted by molar-refractivity contribution is 9.11. The van der Waals surface area contributed by atoms with E-state index in [4.69, 9.17) is 10.2 Å². The summed E-state index contributed by atoms with van der Waals surface area (Å²) in [6.45, 7) is 2.95. The van der Waals surface area contributed by atoms with Crippen molar-refractivity contribution in [3.8, 4) is 0 Å². The topological polar surface area (TPSA) is 40.5 Å². The van der Waals surface area contributed by atoms with Crippen LogP contribution in [0.4, 0.5) is 13.2 Å². The Balaban J connectivity index is 4.44. The van der Waals surface area contributed by atoms with Crippen LogP contribution in [0.3, 0.4) is 0 Å². The molecule has 0 rings (SSSR count). The summed E-state index contributed by atoms with van der Waals surface area (Å²) < 4.78 is 34.7. The van der Waals surface area contributed by atoms with Gasteiger partial charge in [0.05, 0.1) is 4.48 Å². The first-order valence-electron chi connectivity index (χ1n) is 2.75. The number of aliphatic hydroxyl groups is 2. The normalized spacial score (nSPS) is 15.9. The SMILES string of the molecule is C=C(O)/C(Br)=C\C(O)C(F)(F)F. The van der Waals surface area contributed by atoms with Gasteiger partial charge in [-0.05, 0) is 22.0 Å². The lowest BCUT2D eigenvalue weighted by molar-refractivity contribution is -0.187. The van der Waals surface area contributed by atoms with E-state index in [0.29, 0.717) is 6.08 Å². The van der Waals surface area contributed by atoms with Gasteiger partial charge in [-0.15, -0.1) is 0 Å². The zero-order valence-corrected chi connectivity index (χ0v) is 7.35. The van der Waals surface area contributed by atoms with Gasteiger partial charge in [-0.2, -0.15) is 13.2 Å². The molecule has 6 heteroatoms. The zero-order valence-electron chi connectivity index (χ0n) is 5.77. The Bertz CT molecular complexity index is 209. The fourth-order valence-electron chi connectivity index (χ4n) is 0.329. The van der Waals surface area contributed by atoms with Crippen molar-refractivity contribution in [1.29, 1.82) is 0 Å². The minimum Gasteiger partial charge on any atom is -0.507 e. The van der Waals surface area contributed by atoms with Gasteiger partial charge in [0, 0.05) is 0 Å². The van der Waals surface area contributed by atoms with E-state index in [9.17, 15) is 13.2 Å². The summed E-state index contributed by atoms with van der Waals surface area (Å²) in [6.07, 6.45) is -6.92. The second-order valence-electron chi connectivity index (χ2n) is 1.95. The second kappa shape index (κ2) is 3.95. The fraction of sp³-hybridized carbons (Fsp3) is 0.333. The molecule has 0 aromatic carbocycles. The van der Waals surface area contributed by atoms with Gasteiger partial charge in [0.25, 0.3) is 0 Å². The smallest absolute Gasteiger partial charge is 0.418 e.